The van der Waals surface area contributed by atoms with Crippen molar-refractivity contribution in [2.24, 2.45) is 0 Å². The maximum atomic E-state index is 13.8. The zero-order valence-electron chi connectivity index (χ0n) is 19.9. The van der Waals surface area contributed by atoms with Gasteiger partial charge in [-0.2, -0.15) is 17.5 Å². The maximum Gasteiger partial charge on any atom is 0.417 e. The molecule has 12 heteroatoms. The van der Waals surface area contributed by atoms with Crippen molar-refractivity contribution in [2.75, 3.05) is 13.9 Å². The topological polar surface area (TPSA) is 97.9 Å². The lowest BCUT2D eigenvalue weighted by Gasteiger charge is -2.24. The normalized spacial score (nSPS) is 13.3. The molecule has 1 aliphatic heterocycles. The average Bonchev–Trinajstić information content (AvgIpc) is 3.36. The number of aromatic amines is 1. The standard InChI is InChI=1S/C26H21F3N2O6S/c1-35-19-8-7-17-11-18(25(32)30-21(17)12-19)14-31(13-16-6-9-22-23(10-16)37-15-36-22)38(33,34)24-5-3-2-4-20(24)26(27,28)29/h2-12H,13-15H2,1H3,(H,30,32). The zero-order valence-corrected chi connectivity index (χ0v) is 20.7. The lowest BCUT2D eigenvalue weighted by molar-refractivity contribution is -0.139. The van der Waals surface area contributed by atoms with Gasteiger partial charge >= 0.3 is 6.18 Å². The summed E-state index contributed by atoms with van der Waals surface area (Å²) >= 11 is 0. The lowest BCUT2D eigenvalue weighted by atomic mass is 10.1. The first-order valence-corrected chi connectivity index (χ1v) is 12.7. The number of nitrogens with zero attached hydrogens (tertiary/aromatic N) is 1. The minimum atomic E-state index is -4.91. The van der Waals surface area contributed by atoms with Crippen molar-refractivity contribution in [3.63, 3.8) is 0 Å². The number of ether oxygens (including phenoxy) is 3. The SMILES string of the molecule is COc1ccc2cc(CN(Cc3ccc4c(c3)OCO4)S(=O)(=O)c3ccccc3C(F)(F)F)c(=O)[nH]c2c1. The molecule has 0 spiro atoms. The third kappa shape index (κ3) is 4.92. The predicted molar refractivity (Wildman–Crippen MR) is 132 cm³/mol. The van der Waals surface area contributed by atoms with Gasteiger partial charge in [0.05, 0.1) is 23.1 Å². The van der Waals surface area contributed by atoms with Crippen LogP contribution in [0.3, 0.4) is 0 Å². The molecule has 38 heavy (non-hydrogen) atoms. The van der Waals surface area contributed by atoms with Crippen LogP contribution in [0, 0.1) is 0 Å². The van der Waals surface area contributed by atoms with Crippen molar-refractivity contribution in [1.82, 2.24) is 9.29 Å². The first-order chi connectivity index (χ1) is 18.1. The van der Waals surface area contributed by atoms with E-state index >= 15 is 0 Å². The number of fused-ring (bicyclic) bond motifs is 2. The third-order valence-electron chi connectivity index (χ3n) is 6.08. The Labute approximate surface area is 215 Å². The Morgan fingerprint density at radius 1 is 0.974 bits per heavy atom. The highest BCUT2D eigenvalue weighted by Gasteiger charge is 2.39. The number of aromatic nitrogens is 1. The van der Waals surface area contributed by atoms with E-state index in [0.717, 1.165) is 16.4 Å². The van der Waals surface area contributed by atoms with Crippen LogP contribution in [-0.2, 0) is 29.3 Å². The van der Waals surface area contributed by atoms with Crippen molar-refractivity contribution in [3.05, 3.63) is 93.8 Å². The number of hydrogen-bond acceptors (Lipinski definition) is 6. The molecule has 4 aromatic rings. The van der Waals surface area contributed by atoms with Gasteiger partial charge in [-0.05, 0) is 53.4 Å². The maximum absolute atomic E-state index is 13.8. The van der Waals surface area contributed by atoms with Crippen LogP contribution in [-0.4, -0.2) is 31.6 Å². The van der Waals surface area contributed by atoms with E-state index in [1.54, 1.807) is 36.4 Å². The minimum absolute atomic E-state index is 0.00297. The van der Waals surface area contributed by atoms with Crippen LogP contribution in [0.15, 0.2) is 76.4 Å². The fraction of sp³-hybridized carbons (Fsp3) is 0.192. The number of methoxy groups -OCH3 is 1. The summed E-state index contributed by atoms with van der Waals surface area (Å²) in [5, 5.41) is 0.594. The Bertz CT molecular complexity index is 1680. The number of sulfonamides is 1. The Kier molecular flexibility index (Phi) is 6.53. The minimum Gasteiger partial charge on any atom is -0.497 e. The van der Waals surface area contributed by atoms with Crippen LogP contribution in [0.4, 0.5) is 13.2 Å². The lowest BCUT2D eigenvalue weighted by Crippen LogP contribution is -2.33. The Morgan fingerprint density at radius 3 is 2.50 bits per heavy atom. The van der Waals surface area contributed by atoms with Crippen molar-refractivity contribution >= 4 is 20.9 Å². The van der Waals surface area contributed by atoms with E-state index in [1.165, 1.54) is 19.2 Å². The molecule has 5 rings (SSSR count). The van der Waals surface area contributed by atoms with Gasteiger partial charge < -0.3 is 19.2 Å². The second-order valence-corrected chi connectivity index (χ2v) is 10.4. The van der Waals surface area contributed by atoms with Gasteiger partial charge in [0, 0.05) is 24.7 Å². The zero-order chi connectivity index (χ0) is 27.1. The summed E-state index contributed by atoms with van der Waals surface area (Å²) in [7, 11) is -3.26. The highest BCUT2D eigenvalue weighted by Crippen LogP contribution is 2.37. The molecule has 0 atom stereocenters. The molecule has 0 aliphatic carbocycles. The van der Waals surface area contributed by atoms with Crippen molar-refractivity contribution < 1.29 is 35.8 Å². The van der Waals surface area contributed by atoms with E-state index in [2.05, 4.69) is 4.98 Å². The number of alkyl halides is 3. The molecule has 198 valence electrons. The van der Waals surface area contributed by atoms with E-state index in [1.807, 2.05) is 0 Å². The number of nitrogens with one attached hydrogen (secondary N) is 1. The second kappa shape index (κ2) is 9.69. The van der Waals surface area contributed by atoms with E-state index in [-0.39, 0.29) is 18.9 Å². The van der Waals surface area contributed by atoms with E-state index in [4.69, 9.17) is 14.2 Å². The summed E-state index contributed by atoms with van der Waals surface area (Å²) in [4.78, 5) is 14.7. The summed E-state index contributed by atoms with van der Waals surface area (Å²) in [5.41, 5.74) is -0.928. The van der Waals surface area contributed by atoms with Gasteiger partial charge in [-0.15, -0.1) is 0 Å². The number of halogens is 3. The molecule has 1 N–H and O–H groups in total. The fourth-order valence-corrected chi connectivity index (χ4v) is 5.81. The first-order valence-electron chi connectivity index (χ1n) is 11.3. The van der Waals surface area contributed by atoms with Gasteiger partial charge in [-0.1, -0.05) is 18.2 Å². The van der Waals surface area contributed by atoms with Crippen LogP contribution in [0.25, 0.3) is 10.9 Å². The molecule has 0 saturated heterocycles. The Balaban J connectivity index is 1.60. The van der Waals surface area contributed by atoms with E-state index in [0.29, 0.717) is 39.8 Å². The molecule has 0 radical (unpaired) electrons. The van der Waals surface area contributed by atoms with Gasteiger partial charge in [-0.3, -0.25) is 4.79 Å². The average molecular weight is 547 g/mol. The quantitative estimate of drug-likeness (QED) is 0.362. The molecular formula is C26H21F3N2O6S. The molecule has 2 heterocycles. The van der Waals surface area contributed by atoms with Crippen LogP contribution in [0.5, 0.6) is 17.2 Å². The molecule has 1 aliphatic rings. The third-order valence-corrected chi connectivity index (χ3v) is 7.93. The molecule has 1 aromatic heterocycles. The highest BCUT2D eigenvalue weighted by atomic mass is 32.2. The number of rotatable bonds is 7. The van der Waals surface area contributed by atoms with Gasteiger partial charge in [0.25, 0.3) is 5.56 Å². The number of H-pyrrole nitrogens is 1. The van der Waals surface area contributed by atoms with Gasteiger partial charge in [-0.25, -0.2) is 8.42 Å². The van der Waals surface area contributed by atoms with Crippen molar-refractivity contribution in [2.45, 2.75) is 24.2 Å². The Hall–Kier alpha value is -4.03. The smallest absolute Gasteiger partial charge is 0.417 e. The van der Waals surface area contributed by atoms with Gasteiger partial charge in [0.1, 0.15) is 5.75 Å². The second-order valence-electron chi connectivity index (χ2n) is 8.53. The van der Waals surface area contributed by atoms with Crippen molar-refractivity contribution in [3.8, 4) is 17.2 Å². The van der Waals surface area contributed by atoms with Gasteiger partial charge in [0.15, 0.2) is 11.5 Å². The fourth-order valence-electron chi connectivity index (χ4n) is 4.19. The molecule has 3 aromatic carbocycles. The van der Waals surface area contributed by atoms with Gasteiger partial charge in [0.2, 0.25) is 16.8 Å². The molecule has 0 saturated carbocycles. The predicted octanol–water partition coefficient (Wildman–Crippen LogP) is 4.68. The summed E-state index contributed by atoms with van der Waals surface area (Å²) in [6.45, 7) is -0.817. The number of pyridine rings is 1. The number of hydrogen-bond donors (Lipinski definition) is 1. The molecule has 0 unspecified atom stereocenters. The van der Waals surface area contributed by atoms with Crippen LogP contribution in [0.2, 0.25) is 0 Å². The molecule has 0 amide bonds. The highest BCUT2D eigenvalue weighted by molar-refractivity contribution is 7.89. The van der Waals surface area contributed by atoms with Crippen LogP contribution in [0.1, 0.15) is 16.7 Å². The largest absolute Gasteiger partial charge is 0.497 e. The van der Waals surface area contributed by atoms with Crippen LogP contribution >= 0.6 is 0 Å². The summed E-state index contributed by atoms with van der Waals surface area (Å²) in [6, 6.07) is 15.1. The molecule has 0 fully saturated rings. The molecule has 0 bridgehead atoms. The number of benzene rings is 3. The monoisotopic (exact) mass is 546 g/mol. The Morgan fingerprint density at radius 2 is 1.74 bits per heavy atom. The van der Waals surface area contributed by atoms with Crippen molar-refractivity contribution in [1.29, 1.82) is 0 Å². The summed E-state index contributed by atoms with van der Waals surface area (Å²) in [6.07, 6.45) is -4.91. The first kappa shape index (κ1) is 25.6. The molecule has 8 nitrogen and oxygen atoms in total. The summed E-state index contributed by atoms with van der Waals surface area (Å²) < 4.78 is 85.4. The van der Waals surface area contributed by atoms with E-state index in [9.17, 15) is 26.4 Å². The molecular weight excluding hydrogens is 525 g/mol. The van der Waals surface area contributed by atoms with Crippen LogP contribution < -0.4 is 19.8 Å². The summed E-state index contributed by atoms with van der Waals surface area (Å²) in [5.74, 6) is 1.36. The van der Waals surface area contributed by atoms with E-state index < -0.39 is 38.8 Å².